The molecular weight excluding hydrogens is 315 g/mol. The van der Waals surface area contributed by atoms with Crippen LogP contribution in [0.5, 0.6) is 0 Å². The summed E-state index contributed by atoms with van der Waals surface area (Å²) in [4.78, 5) is 11.8. The molecule has 0 fully saturated rings. The average Bonchev–Trinajstić information content (AvgIpc) is 2.42. The van der Waals surface area contributed by atoms with Crippen molar-refractivity contribution >= 4 is 40.9 Å². The van der Waals surface area contributed by atoms with Gasteiger partial charge in [-0.1, -0.05) is 53.5 Å². The molecule has 0 aliphatic heterocycles. The molecule has 5 heteroatoms. The third-order valence-electron chi connectivity index (χ3n) is 2.69. The van der Waals surface area contributed by atoms with E-state index in [0.29, 0.717) is 10.0 Å². The first-order valence-corrected chi connectivity index (χ1v) is 7.58. The van der Waals surface area contributed by atoms with Crippen LogP contribution in [0.4, 0.5) is 0 Å². The van der Waals surface area contributed by atoms with E-state index in [4.69, 9.17) is 28.3 Å². The van der Waals surface area contributed by atoms with Crippen molar-refractivity contribution in [1.82, 2.24) is 0 Å². The Kier molecular flexibility index (Phi) is 5.35. The van der Waals surface area contributed by atoms with E-state index in [1.807, 2.05) is 30.3 Å². The molecule has 2 aromatic carbocycles. The lowest BCUT2D eigenvalue weighted by molar-refractivity contribution is -0.137. The van der Waals surface area contributed by atoms with E-state index in [2.05, 4.69) is 0 Å². The zero-order chi connectivity index (χ0) is 14.5. The maximum Gasteiger partial charge on any atom is 0.304 e. The minimum atomic E-state index is -0.843. The van der Waals surface area contributed by atoms with E-state index < -0.39 is 5.97 Å². The fraction of sp³-hybridized carbons (Fsp3) is 0.133. The summed E-state index contributed by atoms with van der Waals surface area (Å²) in [5.41, 5.74) is 0.955. The van der Waals surface area contributed by atoms with Crippen molar-refractivity contribution in [3.05, 3.63) is 64.1 Å². The molecule has 0 saturated heterocycles. The van der Waals surface area contributed by atoms with Gasteiger partial charge in [-0.3, -0.25) is 4.79 Å². The lowest BCUT2D eigenvalue weighted by Crippen LogP contribution is -2.03. The zero-order valence-electron chi connectivity index (χ0n) is 10.4. The van der Waals surface area contributed by atoms with Crippen molar-refractivity contribution in [2.45, 2.75) is 16.6 Å². The molecule has 2 nitrogen and oxygen atoms in total. The van der Waals surface area contributed by atoms with Gasteiger partial charge in [0, 0.05) is 15.2 Å². The molecule has 0 spiro atoms. The molecule has 0 heterocycles. The van der Waals surface area contributed by atoms with Crippen molar-refractivity contribution in [1.29, 1.82) is 0 Å². The van der Waals surface area contributed by atoms with Gasteiger partial charge in [0.25, 0.3) is 0 Å². The van der Waals surface area contributed by atoms with Crippen LogP contribution in [-0.2, 0) is 4.79 Å². The molecule has 104 valence electrons. The first-order chi connectivity index (χ1) is 9.56. The number of carbonyl (C=O) groups is 1. The van der Waals surface area contributed by atoms with Crippen molar-refractivity contribution in [2.75, 3.05) is 0 Å². The highest BCUT2D eigenvalue weighted by atomic mass is 35.5. The third-order valence-corrected chi connectivity index (χ3v) is 4.69. The summed E-state index contributed by atoms with van der Waals surface area (Å²) in [6.45, 7) is 0. The second kappa shape index (κ2) is 7.02. The number of aliphatic carboxylic acids is 1. The van der Waals surface area contributed by atoms with E-state index in [1.54, 1.807) is 18.2 Å². The molecule has 1 atom stereocenters. The topological polar surface area (TPSA) is 37.3 Å². The summed E-state index contributed by atoms with van der Waals surface area (Å²) in [6, 6.07) is 14.7. The molecule has 0 bridgehead atoms. The van der Waals surface area contributed by atoms with Crippen LogP contribution >= 0.6 is 35.0 Å². The first-order valence-electron chi connectivity index (χ1n) is 5.94. The Bertz CT molecular complexity index is 602. The molecule has 1 N–H and O–H groups in total. The van der Waals surface area contributed by atoms with Gasteiger partial charge in [-0.25, -0.2) is 0 Å². The molecule has 0 saturated carbocycles. The Balaban J connectivity index is 2.28. The molecule has 0 amide bonds. The van der Waals surface area contributed by atoms with Gasteiger partial charge in [-0.15, -0.1) is 11.8 Å². The van der Waals surface area contributed by atoms with Gasteiger partial charge in [0.05, 0.1) is 11.4 Å². The fourth-order valence-corrected chi connectivity index (χ4v) is 3.46. The Morgan fingerprint density at radius 1 is 1.15 bits per heavy atom. The molecule has 2 rings (SSSR count). The largest absolute Gasteiger partial charge is 0.481 e. The van der Waals surface area contributed by atoms with Crippen LogP contribution in [0.3, 0.4) is 0 Å². The quantitative estimate of drug-likeness (QED) is 0.757. The van der Waals surface area contributed by atoms with Gasteiger partial charge in [-0.2, -0.15) is 0 Å². The van der Waals surface area contributed by atoms with Crippen LogP contribution in [0, 0.1) is 0 Å². The van der Waals surface area contributed by atoms with Gasteiger partial charge in [0.2, 0.25) is 0 Å². The smallest absolute Gasteiger partial charge is 0.304 e. The minimum Gasteiger partial charge on any atom is -0.481 e. The molecule has 2 aromatic rings. The van der Waals surface area contributed by atoms with E-state index in [1.165, 1.54) is 11.8 Å². The number of rotatable bonds is 5. The molecule has 0 aliphatic carbocycles. The third kappa shape index (κ3) is 4.17. The monoisotopic (exact) mass is 326 g/mol. The normalized spacial score (nSPS) is 12.1. The second-order valence-corrected chi connectivity index (χ2v) is 6.28. The predicted molar refractivity (Wildman–Crippen MR) is 83.8 cm³/mol. The maximum absolute atomic E-state index is 11.1. The van der Waals surface area contributed by atoms with Gasteiger partial charge in [0.1, 0.15) is 0 Å². The van der Waals surface area contributed by atoms with Crippen LogP contribution in [0.25, 0.3) is 0 Å². The van der Waals surface area contributed by atoms with Gasteiger partial charge < -0.3 is 5.11 Å². The van der Waals surface area contributed by atoms with E-state index in [9.17, 15) is 4.79 Å². The van der Waals surface area contributed by atoms with Crippen LogP contribution in [0.15, 0.2) is 53.4 Å². The number of benzene rings is 2. The number of carboxylic acids is 1. The highest BCUT2D eigenvalue weighted by Crippen LogP contribution is 2.41. The molecule has 20 heavy (non-hydrogen) atoms. The van der Waals surface area contributed by atoms with Crippen LogP contribution in [0.1, 0.15) is 17.2 Å². The number of carboxylic acid groups (broad SMARTS) is 1. The van der Waals surface area contributed by atoms with Gasteiger partial charge >= 0.3 is 5.97 Å². The highest BCUT2D eigenvalue weighted by molar-refractivity contribution is 7.99. The average molecular weight is 327 g/mol. The summed E-state index contributed by atoms with van der Waals surface area (Å²) >= 11 is 13.5. The summed E-state index contributed by atoms with van der Waals surface area (Å²) in [7, 11) is 0. The van der Waals surface area contributed by atoms with Crippen LogP contribution in [0.2, 0.25) is 10.0 Å². The zero-order valence-corrected chi connectivity index (χ0v) is 12.8. The Labute approximate surface area is 131 Å². The number of hydrogen-bond acceptors (Lipinski definition) is 2. The molecule has 0 aromatic heterocycles. The van der Waals surface area contributed by atoms with Crippen LogP contribution in [-0.4, -0.2) is 11.1 Å². The molecule has 0 aliphatic rings. The number of thioether (sulfide) groups is 1. The lowest BCUT2D eigenvalue weighted by Gasteiger charge is -2.16. The SMILES string of the molecule is O=C(O)CC(Sc1cc(Cl)ccc1Cl)c1ccccc1. The summed E-state index contributed by atoms with van der Waals surface area (Å²) in [6.07, 6.45) is 0.0253. The van der Waals surface area contributed by atoms with Crippen molar-refractivity contribution in [3.63, 3.8) is 0 Å². The van der Waals surface area contributed by atoms with E-state index in [0.717, 1.165) is 10.5 Å². The predicted octanol–water partition coefficient (Wildman–Crippen LogP) is 5.30. The Morgan fingerprint density at radius 3 is 2.50 bits per heavy atom. The van der Waals surface area contributed by atoms with Crippen LogP contribution < -0.4 is 0 Å². The summed E-state index contributed by atoms with van der Waals surface area (Å²) in [5, 5.41) is 10.0. The lowest BCUT2D eigenvalue weighted by atomic mass is 10.1. The molecule has 0 radical (unpaired) electrons. The highest BCUT2D eigenvalue weighted by Gasteiger charge is 2.18. The second-order valence-electron chi connectivity index (χ2n) is 4.19. The van der Waals surface area contributed by atoms with Crippen molar-refractivity contribution in [2.24, 2.45) is 0 Å². The maximum atomic E-state index is 11.1. The summed E-state index contributed by atoms with van der Waals surface area (Å²) in [5.74, 6) is -0.843. The fourth-order valence-electron chi connectivity index (χ4n) is 1.77. The first kappa shape index (κ1) is 15.2. The number of hydrogen-bond donors (Lipinski definition) is 1. The van der Waals surface area contributed by atoms with E-state index >= 15 is 0 Å². The standard InChI is InChI=1S/C15H12Cl2O2S/c16-11-6-7-12(17)14(8-11)20-13(9-15(18)19)10-4-2-1-3-5-10/h1-8,13H,9H2,(H,18,19). The Morgan fingerprint density at radius 2 is 1.85 bits per heavy atom. The van der Waals surface area contributed by atoms with Gasteiger partial charge in [-0.05, 0) is 23.8 Å². The van der Waals surface area contributed by atoms with Crippen molar-refractivity contribution < 1.29 is 9.90 Å². The molecular formula is C15H12Cl2O2S. The number of halogens is 2. The van der Waals surface area contributed by atoms with Gasteiger partial charge in [0.15, 0.2) is 0 Å². The minimum absolute atomic E-state index is 0.0253. The molecule has 1 unspecified atom stereocenters. The Hall–Kier alpha value is -1.16. The summed E-state index contributed by atoms with van der Waals surface area (Å²) < 4.78 is 0. The van der Waals surface area contributed by atoms with Crippen molar-refractivity contribution in [3.8, 4) is 0 Å². The van der Waals surface area contributed by atoms with E-state index in [-0.39, 0.29) is 11.7 Å².